The van der Waals surface area contributed by atoms with E-state index in [-0.39, 0.29) is 11.8 Å². The smallest absolute Gasteiger partial charge is 0.224 e. The van der Waals surface area contributed by atoms with Gasteiger partial charge in [-0.1, -0.05) is 19.9 Å². The average molecular weight is 406 g/mol. The van der Waals surface area contributed by atoms with Gasteiger partial charge >= 0.3 is 0 Å². The van der Waals surface area contributed by atoms with Crippen LogP contribution in [0.5, 0.6) is 5.75 Å². The van der Waals surface area contributed by atoms with Gasteiger partial charge in [0.2, 0.25) is 5.91 Å². The summed E-state index contributed by atoms with van der Waals surface area (Å²) in [6, 6.07) is 11.6. The lowest BCUT2D eigenvalue weighted by Gasteiger charge is -2.18. The van der Waals surface area contributed by atoms with Crippen molar-refractivity contribution in [1.82, 2.24) is 15.0 Å². The third-order valence-electron chi connectivity index (χ3n) is 4.83. The van der Waals surface area contributed by atoms with Gasteiger partial charge in [0, 0.05) is 54.2 Å². The molecule has 2 N–H and O–H groups in total. The molecule has 1 unspecified atom stereocenters. The van der Waals surface area contributed by atoms with Crippen molar-refractivity contribution in [2.75, 3.05) is 24.3 Å². The SMILES string of the molecule is CCC(=O)Nc1ccc(C(C)CNc2cc(-c3ccc(C)nc3)ncn2)c(OC)c1. The molecule has 0 aliphatic rings. The van der Waals surface area contributed by atoms with Crippen LogP contribution in [0.15, 0.2) is 48.9 Å². The first-order valence-electron chi connectivity index (χ1n) is 9.97. The summed E-state index contributed by atoms with van der Waals surface area (Å²) in [6.07, 6.45) is 3.80. The Kier molecular flexibility index (Phi) is 6.95. The van der Waals surface area contributed by atoms with E-state index in [4.69, 9.17) is 4.74 Å². The van der Waals surface area contributed by atoms with Crippen LogP contribution in [0.1, 0.15) is 37.4 Å². The summed E-state index contributed by atoms with van der Waals surface area (Å²) in [6.45, 7) is 6.56. The highest BCUT2D eigenvalue weighted by atomic mass is 16.5. The molecule has 1 atom stereocenters. The van der Waals surface area contributed by atoms with Crippen LogP contribution in [-0.4, -0.2) is 34.5 Å². The van der Waals surface area contributed by atoms with Crippen molar-refractivity contribution >= 4 is 17.4 Å². The van der Waals surface area contributed by atoms with Gasteiger partial charge in [0.05, 0.1) is 12.8 Å². The van der Waals surface area contributed by atoms with Gasteiger partial charge in [-0.2, -0.15) is 0 Å². The second-order valence-electron chi connectivity index (χ2n) is 7.12. The van der Waals surface area contributed by atoms with Gasteiger partial charge in [-0.05, 0) is 30.7 Å². The van der Waals surface area contributed by atoms with E-state index < -0.39 is 0 Å². The number of ether oxygens (including phenoxy) is 1. The van der Waals surface area contributed by atoms with Crippen LogP contribution >= 0.6 is 0 Å². The average Bonchev–Trinajstić information content (AvgIpc) is 2.78. The highest BCUT2D eigenvalue weighted by molar-refractivity contribution is 5.90. The Morgan fingerprint density at radius 2 is 1.97 bits per heavy atom. The van der Waals surface area contributed by atoms with Crippen LogP contribution in [0.3, 0.4) is 0 Å². The van der Waals surface area contributed by atoms with Crippen LogP contribution in [0.2, 0.25) is 0 Å². The zero-order valence-electron chi connectivity index (χ0n) is 17.8. The zero-order chi connectivity index (χ0) is 21.5. The lowest BCUT2D eigenvalue weighted by molar-refractivity contribution is -0.115. The maximum atomic E-state index is 11.6. The Hall–Kier alpha value is -3.48. The lowest BCUT2D eigenvalue weighted by atomic mass is 9.99. The molecule has 0 spiro atoms. The molecule has 0 aliphatic heterocycles. The first-order chi connectivity index (χ1) is 14.5. The van der Waals surface area contributed by atoms with Gasteiger partial charge < -0.3 is 15.4 Å². The highest BCUT2D eigenvalue weighted by Crippen LogP contribution is 2.30. The molecular formula is C23H27N5O2. The number of amides is 1. The molecule has 3 aromatic rings. The topological polar surface area (TPSA) is 89.0 Å². The Labute approximate surface area is 176 Å². The van der Waals surface area contributed by atoms with Gasteiger partial charge in [-0.3, -0.25) is 9.78 Å². The Morgan fingerprint density at radius 1 is 1.13 bits per heavy atom. The van der Waals surface area contributed by atoms with E-state index in [9.17, 15) is 4.79 Å². The van der Waals surface area contributed by atoms with Crippen molar-refractivity contribution in [3.05, 3.63) is 60.2 Å². The predicted octanol–water partition coefficient (Wildman–Crippen LogP) is 4.42. The van der Waals surface area contributed by atoms with E-state index >= 15 is 0 Å². The van der Waals surface area contributed by atoms with Crippen molar-refractivity contribution in [3.8, 4) is 17.0 Å². The first kappa shape index (κ1) is 21.2. The fraction of sp³-hybridized carbons (Fsp3) is 0.304. The maximum absolute atomic E-state index is 11.6. The van der Waals surface area contributed by atoms with Gasteiger partial charge in [-0.25, -0.2) is 9.97 Å². The van der Waals surface area contributed by atoms with Crippen molar-refractivity contribution in [2.45, 2.75) is 33.1 Å². The second-order valence-corrected chi connectivity index (χ2v) is 7.12. The minimum atomic E-state index is -0.0251. The van der Waals surface area contributed by atoms with E-state index in [0.29, 0.717) is 13.0 Å². The Morgan fingerprint density at radius 3 is 2.67 bits per heavy atom. The molecule has 0 aliphatic carbocycles. The third-order valence-corrected chi connectivity index (χ3v) is 4.83. The molecule has 0 fully saturated rings. The third kappa shape index (κ3) is 5.31. The first-order valence-corrected chi connectivity index (χ1v) is 9.97. The van der Waals surface area contributed by atoms with Gasteiger partial charge in [0.25, 0.3) is 0 Å². The summed E-state index contributed by atoms with van der Waals surface area (Å²) in [4.78, 5) is 24.6. The molecular weight excluding hydrogens is 378 g/mol. The van der Waals surface area contributed by atoms with Gasteiger partial charge in [0.15, 0.2) is 0 Å². The largest absolute Gasteiger partial charge is 0.496 e. The second kappa shape index (κ2) is 9.82. The number of aromatic nitrogens is 3. The summed E-state index contributed by atoms with van der Waals surface area (Å²) in [5.41, 5.74) is 4.52. The molecule has 1 aromatic carbocycles. The molecule has 2 heterocycles. The molecule has 0 radical (unpaired) electrons. The number of methoxy groups -OCH3 is 1. The van der Waals surface area contributed by atoms with Crippen molar-refractivity contribution in [1.29, 1.82) is 0 Å². The fourth-order valence-electron chi connectivity index (χ4n) is 3.04. The van der Waals surface area contributed by atoms with E-state index in [0.717, 1.165) is 39.8 Å². The number of carbonyl (C=O) groups excluding carboxylic acids is 1. The van der Waals surface area contributed by atoms with Crippen LogP contribution in [0, 0.1) is 6.92 Å². The summed E-state index contributed by atoms with van der Waals surface area (Å²) in [5, 5.41) is 6.23. The zero-order valence-corrected chi connectivity index (χ0v) is 17.8. The molecule has 0 saturated heterocycles. The monoisotopic (exact) mass is 405 g/mol. The van der Waals surface area contributed by atoms with Crippen molar-refractivity contribution < 1.29 is 9.53 Å². The molecule has 7 heteroatoms. The minimum absolute atomic E-state index is 0.0251. The Bertz CT molecular complexity index is 1000. The summed E-state index contributed by atoms with van der Waals surface area (Å²) in [5.74, 6) is 1.63. The number of hydrogen-bond donors (Lipinski definition) is 2. The highest BCUT2D eigenvalue weighted by Gasteiger charge is 2.13. The lowest BCUT2D eigenvalue weighted by Crippen LogP contribution is -2.13. The number of benzene rings is 1. The molecule has 2 aromatic heterocycles. The molecule has 0 bridgehead atoms. The standard InChI is InChI=1S/C23H27N5O2/c1-5-23(29)28-18-8-9-19(21(10-18)30-4)15(2)12-25-22-11-20(26-14-27-22)17-7-6-16(3)24-13-17/h6-11,13-15H,5,12H2,1-4H3,(H,28,29)(H,25,26,27). The molecule has 3 rings (SSSR count). The number of pyridine rings is 1. The summed E-state index contributed by atoms with van der Waals surface area (Å²) in [7, 11) is 1.64. The molecule has 30 heavy (non-hydrogen) atoms. The van der Waals surface area contributed by atoms with E-state index in [1.807, 2.05) is 56.4 Å². The Balaban J connectivity index is 1.69. The number of nitrogens with one attached hydrogen (secondary N) is 2. The molecule has 7 nitrogen and oxygen atoms in total. The summed E-state index contributed by atoms with van der Waals surface area (Å²) < 4.78 is 5.55. The number of aryl methyl sites for hydroxylation is 1. The van der Waals surface area contributed by atoms with Crippen LogP contribution in [0.4, 0.5) is 11.5 Å². The van der Waals surface area contributed by atoms with Crippen molar-refractivity contribution in [2.24, 2.45) is 0 Å². The number of rotatable bonds is 8. The van der Waals surface area contributed by atoms with E-state index in [1.165, 1.54) is 0 Å². The fourth-order valence-corrected chi connectivity index (χ4v) is 3.04. The number of carbonyl (C=O) groups is 1. The normalized spacial score (nSPS) is 11.6. The number of anilines is 2. The summed E-state index contributed by atoms with van der Waals surface area (Å²) >= 11 is 0. The predicted molar refractivity (Wildman–Crippen MR) is 119 cm³/mol. The van der Waals surface area contributed by atoms with Gasteiger partial charge in [-0.15, -0.1) is 0 Å². The number of nitrogens with zero attached hydrogens (tertiary/aromatic N) is 3. The minimum Gasteiger partial charge on any atom is -0.496 e. The molecule has 156 valence electrons. The van der Waals surface area contributed by atoms with Gasteiger partial charge in [0.1, 0.15) is 17.9 Å². The van der Waals surface area contributed by atoms with Crippen LogP contribution < -0.4 is 15.4 Å². The van der Waals surface area contributed by atoms with Crippen LogP contribution in [0.25, 0.3) is 11.3 Å². The van der Waals surface area contributed by atoms with Crippen LogP contribution in [-0.2, 0) is 4.79 Å². The maximum Gasteiger partial charge on any atom is 0.224 e. The quantitative estimate of drug-likeness (QED) is 0.577. The molecule has 1 amide bonds. The molecule has 0 saturated carbocycles. The van der Waals surface area contributed by atoms with Crippen molar-refractivity contribution in [3.63, 3.8) is 0 Å². The number of hydrogen-bond acceptors (Lipinski definition) is 6. The van der Waals surface area contributed by atoms with E-state index in [2.05, 4.69) is 32.5 Å². The van der Waals surface area contributed by atoms with E-state index in [1.54, 1.807) is 13.4 Å².